The van der Waals surface area contributed by atoms with E-state index < -0.39 is 11.6 Å². The Morgan fingerprint density at radius 1 is 1.11 bits per heavy atom. The molecule has 3 heterocycles. The van der Waals surface area contributed by atoms with E-state index in [1.54, 1.807) is 11.3 Å². The number of hydrogen-bond acceptors (Lipinski definition) is 7. The van der Waals surface area contributed by atoms with Gasteiger partial charge >= 0.3 is 5.97 Å². The summed E-state index contributed by atoms with van der Waals surface area (Å²) in [5, 5.41) is 12.6. The van der Waals surface area contributed by atoms with Crippen molar-refractivity contribution in [3.05, 3.63) is 57.5 Å². The van der Waals surface area contributed by atoms with E-state index in [0.29, 0.717) is 12.2 Å². The average Bonchev–Trinajstić information content (AvgIpc) is 3.25. The molecule has 2 aromatic heterocycles. The van der Waals surface area contributed by atoms with Gasteiger partial charge in [-0.2, -0.15) is 0 Å². The zero-order valence-electron chi connectivity index (χ0n) is 21.2. The maximum Gasteiger partial charge on any atom is 0.308 e. The van der Waals surface area contributed by atoms with Crippen LogP contribution in [0.15, 0.2) is 29.3 Å². The fraction of sp³-hybridized carbons (Fsp3) is 0.423. The number of aliphatic imine (C=N–C) groups is 1. The van der Waals surface area contributed by atoms with Crippen molar-refractivity contribution in [1.82, 2.24) is 14.8 Å². The number of nitrogens with zero attached hydrogens (tertiary/aromatic N) is 4. The molecule has 1 N–H and O–H groups in total. The number of anilines is 1. The minimum Gasteiger partial charge on any atom is -0.460 e. The van der Waals surface area contributed by atoms with E-state index in [9.17, 15) is 9.59 Å². The first-order chi connectivity index (χ1) is 16.5. The molecular weight excluding hydrogens is 462 g/mol. The Kier molecular flexibility index (Phi) is 6.64. The van der Waals surface area contributed by atoms with Gasteiger partial charge in [0.25, 0.3) is 0 Å². The van der Waals surface area contributed by atoms with Gasteiger partial charge in [0.2, 0.25) is 5.91 Å². The molecule has 0 unspecified atom stereocenters. The van der Waals surface area contributed by atoms with Crippen LogP contribution in [-0.4, -0.2) is 38.0 Å². The Morgan fingerprint density at radius 3 is 2.43 bits per heavy atom. The lowest BCUT2D eigenvalue weighted by Crippen LogP contribution is -2.25. The van der Waals surface area contributed by atoms with Gasteiger partial charge in [-0.25, -0.2) is 0 Å². The molecule has 8 nitrogen and oxygen atoms in total. The third-order valence-electron chi connectivity index (χ3n) is 5.78. The molecule has 0 bridgehead atoms. The van der Waals surface area contributed by atoms with E-state index in [0.717, 1.165) is 38.9 Å². The lowest BCUT2D eigenvalue weighted by Gasteiger charge is -2.21. The van der Waals surface area contributed by atoms with E-state index in [1.165, 1.54) is 4.88 Å². The zero-order valence-corrected chi connectivity index (χ0v) is 22.0. The standard InChI is InChI=1S/C26H31N5O3S/c1-8-20(32)27-18-11-9-17(10-12-18)23-22-14(2)15(3)35-25(22)31-16(4)29-30-24(31)19(28-23)13-21(33)34-26(5,6)7/h9-12,19H,8,13H2,1-7H3,(H,27,32)/t19-/m0/s1. The average molecular weight is 494 g/mol. The largest absolute Gasteiger partial charge is 0.460 e. The Bertz CT molecular complexity index is 1310. The molecule has 3 aromatic rings. The Morgan fingerprint density at radius 2 is 1.80 bits per heavy atom. The number of carbonyl (C=O) groups excluding carboxylic acids is 2. The predicted molar refractivity (Wildman–Crippen MR) is 138 cm³/mol. The number of rotatable bonds is 5. The van der Waals surface area contributed by atoms with E-state index in [2.05, 4.69) is 29.4 Å². The van der Waals surface area contributed by atoms with Crippen molar-refractivity contribution in [2.75, 3.05) is 5.32 Å². The molecule has 1 aliphatic rings. The van der Waals surface area contributed by atoms with Crippen molar-refractivity contribution in [2.24, 2.45) is 4.99 Å². The lowest BCUT2D eigenvalue weighted by atomic mass is 9.99. The summed E-state index contributed by atoms with van der Waals surface area (Å²) in [6.45, 7) is 13.5. The monoisotopic (exact) mass is 493 g/mol. The number of hydrogen-bond donors (Lipinski definition) is 1. The van der Waals surface area contributed by atoms with Crippen LogP contribution >= 0.6 is 11.3 Å². The van der Waals surface area contributed by atoms with Crippen molar-refractivity contribution >= 4 is 34.6 Å². The first kappa shape index (κ1) is 24.8. The molecule has 35 heavy (non-hydrogen) atoms. The minimum atomic E-state index is -0.594. The van der Waals surface area contributed by atoms with Crippen LogP contribution < -0.4 is 5.32 Å². The summed E-state index contributed by atoms with van der Waals surface area (Å²) in [5.74, 6) is 0.985. The normalized spacial score (nSPS) is 15.1. The molecule has 1 amide bonds. The number of fused-ring (bicyclic) bond motifs is 3. The second-order valence-corrected chi connectivity index (χ2v) is 10.9. The summed E-state index contributed by atoms with van der Waals surface area (Å²) in [6, 6.07) is 7.09. The smallest absolute Gasteiger partial charge is 0.308 e. The molecule has 9 heteroatoms. The molecule has 0 spiro atoms. The van der Waals surface area contributed by atoms with Gasteiger partial charge in [0, 0.05) is 28.1 Å². The van der Waals surface area contributed by atoms with Gasteiger partial charge in [-0.1, -0.05) is 19.1 Å². The van der Waals surface area contributed by atoms with Crippen molar-refractivity contribution in [2.45, 2.75) is 73.0 Å². The quantitative estimate of drug-likeness (QED) is 0.491. The van der Waals surface area contributed by atoms with Crippen LogP contribution in [0.2, 0.25) is 0 Å². The third-order valence-corrected chi connectivity index (χ3v) is 6.98. The first-order valence-electron chi connectivity index (χ1n) is 11.7. The van der Waals surface area contributed by atoms with Crippen LogP contribution in [-0.2, 0) is 14.3 Å². The number of thiophene rings is 1. The van der Waals surface area contributed by atoms with Gasteiger partial charge in [-0.05, 0) is 59.2 Å². The Hall–Kier alpha value is -3.33. The maximum absolute atomic E-state index is 12.8. The number of nitrogens with one attached hydrogen (secondary N) is 1. The second-order valence-electron chi connectivity index (χ2n) is 9.67. The Labute approximate surface area is 209 Å². The Balaban J connectivity index is 1.84. The topological polar surface area (TPSA) is 98.5 Å². The molecule has 0 fully saturated rings. The van der Waals surface area contributed by atoms with E-state index in [1.807, 2.05) is 63.5 Å². The van der Waals surface area contributed by atoms with Gasteiger partial charge in [0.05, 0.1) is 12.1 Å². The molecular formula is C26H31N5O3S. The SMILES string of the molecule is CCC(=O)Nc1ccc(C2=N[C@@H](CC(=O)OC(C)(C)C)c3nnc(C)n3-c3sc(C)c(C)c32)cc1. The number of ether oxygens (including phenoxy) is 1. The molecule has 1 aliphatic heterocycles. The summed E-state index contributed by atoms with van der Waals surface area (Å²) < 4.78 is 7.62. The number of aromatic nitrogens is 3. The summed E-state index contributed by atoms with van der Waals surface area (Å²) >= 11 is 1.66. The van der Waals surface area contributed by atoms with Crippen molar-refractivity contribution in [3.8, 4) is 5.00 Å². The lowest BCUT2D eigenvalue weighted by molar-refractivity contribution is -0.155. The van der Waals surface area contributed by atoms with Crippen LogP contribution in [0.3, 0.4) is 0 Å². The molecule has 4 rings (SSSR count). The van der Waals surface area contributed by atoms with Crippen molar-refractivity contribution < 1.29 is 14.3 Å². The van der Waals surface area contributed by atoms with E-state index in [-0.39, 0.29) is 18.3 Å². The molecule has 1 aromatic carbocycles. The number of amides is 1. The van der Waals surface area contributed by atoms with Gasteiger partial charge in [-0.15, -0.1) is 21.5 Å². The molecule has 0 saturated carbocycles. The molecule has 184 valence electrons. The van der Waals surface area contributed by atoms with Gasteiger partial charge in [-0.3, -0.25) is 19.1 Å². The fourth-order valence-corrected chi connectivity index (χ4v) is 5.24. The summed E-state index contributed by atoms with van der Waals surface area (Å²) in [5.41, 5.74) is 3.95. The van der Waals surface area contributed by atoms with Crippen LogP contribution in [0.5, 0.6) is 0 Å². The highest BCUT2D eigenvalue weighted by atomic mass is 32.1. The highest BCUT2D eigenvalue weighted by molar-refractivity contribution is 7.15. The molecule has 0 radical (unpaired) electrons. The van der Waals surface area contributed by atoms with Gasteiger partial charge in [0.15, 0.2) is 5.82 Å². The minimum absolute atomic E-state index is 0.0398. The highest BCUT2D eigenvalue weighted by Gasteiger charge is 2.33. The van der Waals surface area contributed by atoms with Crippen molar-refractivity contribution in [3.63, 3.8) is 0 Å². The fourth-order valence-electron chi connectivity index (χ4n) is 4.03. The number of esters is 1. The maximum atomic E-state index is 12.8. The predicted octanol–water partition coefficient (Wildman–Crippen LogP) is 5.23. The van der Waals surface area contributed by atoms with Crippen molar-refractivity contribution in [1.29, 1.82) is 0 Å². The zero-order chi connectivity index (χ0) is 25.5. The first-order valence-corrected chi connectivity index (χ1v) is 12.5. The summed E-state index contributed by atoms with van der Waals surface area (Å²) in [7, 11) is 0. The summed E-state index contributed by atoms with van der Waals surface area (Å²) in [6.07, 6.45) is 0.465. The van der Waals surface area contributed by atoms with Crippen LogP contribution in [0.4, 0.5) is 5.69 Å². The highest BCUT2D eigenvalue weighted by Crippen LogP contribution is 2.39. The third kappa shape index (κ3) is 5.05. The van der Waals surface area contributed by atoms with Crippen LogP contribution in [0.1, 0.15) is 79.8 Å². The molecule has 1 atom stereocenters. The number of benzene rings is 1. The number of aryl methyl sites for hydroxylation is 2. The molecule has 0 aliphatic carbocycles. The second kappa shape index (κ2) is 9.37. The van der Waals surface area contributed by atoms with E-state index >= 15 is 0 Å². The van der Waals surface area contributed by atoms with E-state index in [4.69, 9.17) is 9.73 Å². The van der Waals surface area contributed by atoms with Crippen LogP contribution in [0.25, 0.3) is 5.00 Å². The number of carbonyl (C=O) groups is 2. The summed E-state index contributed by atoms with van der Waals surface area (Å²) in [4.78, 5) is 30.9. The van der Waals surface area contributed by atoms with Gasteiger partial charge < -0.3 is 10.1 Å². The van der Waals surface area contributed by atoms with Crippen LogP contribution in [0, 0.1) is 20.8 Å². The molecule has 0 saturated heterocycles. The van der Waals surface area contributed by atoms with Gasteiger partial charge in [0.1, 0.15) is 22.5 Å².